The van der Waals surface area contributed by atoms with E-state index in [0.717, 1.165) is 13.0 Å². The fraction of sp³-hybridized carbons (Fsp3) is 0.286. The molecule has 3 aromatic rings. The lowest BCUT2D eigenvalue weighted by Gasteiger charge is -2.36. The Hall–Kier alpha value is -3.19. The zero-order valence-corrected chi connectivity index (χ0v) is 15.9. The van der Waals surface area contributed by atoms with Crippen LogP contribution in [0.1, 0.15) is 21.5 Å². The van der Waals surface area contributed by atoms with Crippen LogP contribution >= 0.6 is 0 Å². The molecule has 0 saturated heterocycles. The van der Waals surface area contributed by atoms with E-state index in [0.29, 0.717) is 6.54 Å². The van der Waals surface area contributed by atoms with Gasteiger partial charge in [0.05, 0.1) is 0 Å². The molecule has 1 aromatic carbocycles. The lowest BCUT2D eigenvalue weighted by Crippen LogP contribution is -2.47. The predicted molar refractivity (Wildman–Crippen MR) is 105 cm³/mol. The van der Waals surface area contributed by atoms with Gasteiger partial charge >= 0.3 is 0 Å². The first-order chi connectivity index (χ1) is 13.5. The molecule has 0 aliphatic carbocycles. The SMILES string of the molecule is CN(C[C@@H]1Cc2ccccc2CN1C)C(=O)c1cnc2c(O)cccn2c1=O. The lowest BCUT2D eigenvalue weighted by atomic mass is 9.94. The van der Waals surface area contributed by atoms with E-state index in [-0.39, 0.29) is 28.9 Å². The number of carbonyl (C=O) groups is 1. The summed E-state index contributed by atoms with van der Waals surface area (Å²) in [5.41, 5.74) is 2.25. The Labute approximate surface area is 162 Å². The molecule has 1 aliphatic rings. The molecule has 1 amide bonds. The smallest absolute Gasteiger partial charge is 0.270 e. The van der Waals surface area contributed by atoms with E-state index in [4.69, 9.17) is 0 Å². The molecule has 0 spiro atoms. The van der Waals surface area contributed by atoms with Gasteiger partial charge in [-0.1, -0.05) is 24.3 Å². The van der Waals surface area contributed by atoms with Crippen LogP contribution in [0.3, 0.4) is 0 Å². The molecular formula is C21H22N4O3. The summed E-state index contributed by atoms with van der Waals surface area (Å²) >= 11 is 0. The van der Waals surface area contributed by atoms with Crippen LogP contribution in [0.2, 0.25) is 0 Å². The third-order valence-electron chi connectivity index (χ3n) is 5.39. The van der Waals surface area contributed by atoms with Crippen molar-refractivity contribution in [2.45, 2.75) is 19.0 Å². The minimum atomic E-state index is -0.486. The minimum Gasteiger partial charge on any atom is -0.504 e. The van der Waals surface area contributed by atoms with Crippen molar-refractivity contribution in [2.24, 2.45) is 0 Å². The van der Waals surface area contributed by atoms with Crippen LogP contribution in [0.5, 0.6) is 5.75 Å². The molecule has 1 N–H and O–H groups in total. The first-order valence-electron chi connectivity index (χ1n) is 9.17. The number of pyridine rings is 1. The molecule has 1 atom stereocenters. The van der Waals surface area contributed by atoms with E-state index in [1.807, 2.05) is 19.2 Å². The molecule has 144 valence electrons. The first kappa shape index (κ1) is 18.2. The second-order valence-electron chi connectivity index (χ2n) is 7.29. The highest BCUT2D eigenvalue weighted by molar-refractivity contribution is 5.93. The molecule has 0 unspecified atom stereocenters. The molecule has 7 heteroatoms. The van der Waals surface area contributed by atoms with Crippen molar-refractivity contribution in [3.05, 3.63) is 75.8 Å². The van der Waals surface area contributed by atoms with Gasteiger partial charge in [0.1, 0.15) is 5.56 Å². The quantitative estimate of drug-likeness (QED) is 0.748. The van der Waals surface area contributed by atoms with Crippen molar-refractivity contribution in [3.8, 4) is 5.75 Å². The fourth-order valence-electron chi connectivity index (χ4n) is 3.77. The number of hydrogen-bond donors (Lipinski definition) is 1. The summed E-state index contributed by atoms with van der Waals surface area (Å²) in [6.45, 7) is 1.34. The Morgan fingerprint density at radius 3 is 2.79 bits per heavy atom. The van der Waals surface area contributed by atoms with Gasteiger partial charge in [0.15, 0.2) is 11.4 Å². The maximum atomic E-state index is 12.9. The molecule has 3 heterocycles. The second kappa shape index (κ2) is 7.09. The normalized spacial score (nSPS) is 16.7. The second-order valence-corrected chi connectivity index (χ2v) is 7.29. The third-order valence-corrected chi connectivity index (χ3v) is 5.39. The van der Waals surface area contributed by atoms with E-state index in [9.17, 15) is 14.7 Å². The van der Waals surface area contributed by atoms with Gasteiger partial charge in [-0.3, -0.25) is 18.9 Å². The molecule has 0 radical (unpaired) electrons. The van der Waals surface area contributed by atoms with Crippen molar-refractivity contribution in [1.29, 1.82) is 0 Å². The van der Waals surface area contributed by atoms with Crippen LogP contribution in [0.4, 0.5) is 0 Å². The van der Waals surface area contributed by atoms with Gasteiger partial charge < -0.3 is 10.0 Å². The van der Waals surface area contributed by atoms with E-state index < -0.39 is 5.56 Å². The Kier molecular flexibility index (Phi) is 4.60. The number of hydrogen-bond acceptors (Lipinski definition) is 5. The summed E-state index contributed by atoms with van der Waals surface area (Å²) in [5.74, 6) is -0.475. The van der Waals surface area contributed by atoms with Gasteiger partial charge in [0, 0.05) is 38.6 Å². The summed E-state index contributed by atoms with van der Waals surface area (Å²) in [4.78, 5) is 33.5. The molecule has 7 nitrogen and oxygen atoms in total. The van der Waals surface area contributed by atoms with Crippen molar-refractivity contribution in [1.82, 2.24) is 19.2 Å². The van der Waals surface area contributed by atoms with E-state index in [2.05, 4.69) is 22.0 Å². The summed E-state index contributed by atoms with van der Waals surface area (Å²) in [7, 11) is 3.75. The highest BCUT2D eigenvalue weighted by Crippen LogP contribution is 2.22. The highest BCUT2D eigenvalue weighted by Gasteiger charge is 2.27. The van der Waals surface area contributed by atoms with Crippen LogP contribution in [0, 0.1) is 0 Å². The zero-order chi connectivity index (χ0) is 19.8. The minimum absolute atomic E-state index is 0.00976. The van der Waals surface area contributed by atoms with Crippen LogP contribution in [0.25, 0.3) is 5.65 Å². The summed E-state index contributed by atoms with van der Waals surface area (Å²) in [6.07, 6.45) is 3.59. The number of carbonyl (C=O) groups excluding carboxylic acids is 1. The number of likely N-dealkylation sites (N-methyl/N-ethyl adjacent to an activating group) is 2. The Morgan fingerprint density at radius 2 is 2.00 bits per heavy atom. The Bertz CT molecular complexity index is 1110. The topological polar surface area (TPSA) is 78.2 Å². The number of rotatable bonds is 3. The average molecular weight is 378 g/mol. The number of benzene rings is 1. The van der Waals surface area contributed by atoms with Crippen LogP contribution in [0.15, 0.2) is 53.6 Å². The van der Waals surface area contributed by atoms with Crippen LogP contribution in [-0.2, 0) is 13.0 Å². The number of nitrogens with zero attached hydrogens (tertiary/aromatic N) is 4. The third kappa shape index (κ3) is 3.14. The fourth-order valence-corrected chi connectivity index (χ4v) is 3.77. The van der Waals surface area contributed by atoms with Crippen LogP contribution in [-0.4, -0.2) is 56.9 Å². The molecule has 0 bridgehead atoms. The number of amides is 1. The lowest BCUT2D eigenvalue weighted by molar-refractivity contribution is 0.0731. The van der Waals surface area contributed by atoms with Crippen molar-refractivity contribution in [3.63, 3.8) is 0 Å². The van der Waals surface area contributed by atoms with Gasteiger partial charge in [-0.25, -0.2) is 4.98 Å². The first-order valence-corrected chi connectivity index (χ1v) is 9.17. The van der Waals surface area contributed by atoms with Gasteiger partial charge in [-0.15, -0.1) is 0 Å². The van der Waals surface area contributed by atoms with Gasteiger partial charge in [0.2, 0.25) is 0 Å². The maximum absolute atomic E-state index is 12.9. The molecule has 1 aliphatic heterocycles. The van der Waals surface area contributed by atoms with Gasteiger partial charge in [-0.05, 0) is 36.7 Å². The Balaban J connectivity index is 1.57. The summed E-state index contributed by atoms with van der Waals surface area (Å²) < 4.78 is 1.19. The highest BCUT2D eigenvalue weighted by atomic mass is 16.3. The van der Waals surface area contributed by atoms with E-state index >= 15 is 0 Å². The standard InChI is InChI=1S/C21H22N4O3/c1-23-12-15-7-4-3-6-14(15)10-16(23)13-24(2)20(27)17-11-22-19-18(26)8-5-9-25(19)21(17)28/h3-9,11,16,26H,10,12-13H2,1-2H3/t16-/m0/s1. The van der Waals surface area contributed by atoms with Crippen molar-refractivity contribution < 1.29 is 9.90 Å². The van der Waals surface area contributed by atoms with Crippen LogP contribution < -0.4 is 5.56 Å². The maximum Gasteiger partial charge on any atom is 0.270 e. The van der Waals surface area contributed by atoms with Crippen molar-refractivity contribution >= 4 is 11.6 Å². The predicted octanol–water partition coefficient (Wildman–Crippen LogP) is 1.53. The molecule has 0 fully saturated rings. The molecule has 28 heavy (non-hydrogen) atoms. The molecule has 2 aromatic heterocycles. The molecular weight excluding hydrogens is 356 g/mol. The van der Waals surface area contributed by atoms with E-state index in [1.165, 1.54) is 40.1 Å². The van der Waals surface area contributed by atoms with E-state index in [1.54, 1.807) is 11.9 Å². The molecule has 4 rings (SSSR count). The van der Waals surface area contributed by atoms with Crippen molar-refractivity contribution in [2.75, 3.05) is 20.6 Å². The average Bonchev–Trinajstić information content (AvgIpc) is 2.69. The summed E-state index contributed by atoms with van der Waals surface area (Å²) in [6, 6.07) is 11.5. The zero-order valence-electron chi connectivity index (χ0n) is 15.9. The number of aromatic nitrogens is 2. The van der Waals surface area contributed by atoms with Gasteiger partial charge in [0.25, 0.3) is 11.5 Å². The number of aromatic hydroxyl groups is 1. The Morgan fingerprint density at radius 1 is 1.25 bits per heavy atom. The largest absolute Gasteiger partial charge is 0.504 e. The molecule has 0 saturated carbocycles. The van der Waals surface area contributed by atoms with Gasteiger partial charge in [-0.2, -0.15) is 0 Å². The monoisotopic (exact) mass is 378 g/mol. The summed E-state index contributed by atoms with van der Waals surface area (Å²) in [5, 5.41) is 9.84. The number of fused-ring (bicyclic) bond motifs is 2.